The van der Waals surface area contributed by atoms with E-state index in [1.165, 1.54) is 0 Å². The van der Waals surface area contributed by atoms with E-state index < -0.39 is 10.3 Å². The van der Waals surface area contributed by atoms with Crippen LogP contribution in [0.1, 0.15) is 14.3 Å². The summed E-state index contributed by atoms with van der Waals surface area (Å²) >= 11 is 0. The standard InChI is InChI=1S/C3H7NO3S.Na.H/c4-8(5,6)7-3-1-2-3;;/h3H,1-2H2,(H2,4,5,6);;/q;+1;-1. The Morgan fingerprint density at radius 1 is 1.56 bits per heavy atom. The molecule has 6 heteroatoms. The molecule has 0 aliphatic heterocycles. The molecule has 0 radical (unpaired) electrons. The van der Waals surface area contributed by atoms with Gasteiger partial charge in [-0.1, -0.05) is 0 Å². The quantitative estimate of drug-likeness (QED) is 0.427. The number of rotatable bonds is 2. The minimum Gasteiger partial charge on any atom is -1.00 e. The molecule has 1 aliphatic carbocycles. The van der Waals surface area contributed by atoms with Crippen molar-refractivity contribution in [2.24, 2.45) is 5.14 Å². The fourth-order valence-electron chi connectivity index (χ4n) is 0.354. The van der Waals surface area contributed by atoms with Crippen LogP contribution in [0.3, 0.4) is 0 Å². The zero-order valence-electron chi connectivity index (χ0n) is 6.20. The van der Waals surface area contributed by atoms with Gasteiger partial charge in [0.15, 0.2) is 0 Å². The molecule has 1 fully saturated rings. The van der Waals surface area contributed by atoms with E-state index >= 15 is 0 Å². The first-order valence-electron chi connectivity index (χ1n) is 2.29. The normalized spacial score (nSPS) is 18.8. The van der Waals surface area contributed by atoms with Crippen molar-refractivity contribution in [3.8, 4) is 0 Å². The molecule has 0 amide bonds. The van der Waals surface area contributed by atoms with Gasteiger partial charge in [-0.25, -0.2) is 5.14 Å². The van der Waals surface area contributed by atoms with Crippen molar-refractivity contribution >= 4 is 10.3 Å². The Hall–Kier alpha value is 0.870. The van der Waals surface area contributed by atoms with Gasteiger partial charge in [-0.15, -0.1) is 0 Å². The Bertz CT molecular complexity index is 178. The first-order chi connectivity index (χ1) is 3.58. The van der Waals surface area contributed by atoms with E-state index in [0.29, 0.717) is 0 Å². The van der Waals surface area contributed by atoms with E-state index in [1.54, 1.807) is 0 Å². The third kappa shape index (κ3) is 5.32. The maximum atomic E-state index is 10.0. The molecule has 0 aromatic carbocycles. The zero-order chi connectivity index (χ0) is 6.20. The van der Waals surface area contributed by atoms with Crippen LogP contribution >= 0.6 is 0 Å². The molecule has 0 aromatic rings. The summed E-state index contributed by atoms with van der Waals surface area (Å²) in [6.45, 7) is 0. The number of nitrogens with two attached hydrogens (primary N) is 1. The minimum atomic E-state index is -3.66. The molecule has 1 saturated carbocycles. The fraction of sp³-hybridized carbons (Fsp3) is 1.00. The van der Waals surface area contributed by atoms with Gasteiger partial charge in [0.25, 0.3) is 0 Å². The van der Waals surface area contributed by atoms with E-state index in [0.717, 1.165) is 12.8 Å². The van der Waals surface area contributed by atoms with Crippen molar-refractivity contribution in [1.29, 1.82) is 0 Å². The molecule has 1 rings (SSSR count). The molecule has 4 nitrogen and oxygen atoms in total. The van der Waals surface area contributed by atoms with Gasteiger partial charge in [0, 0.05) is 0 Å². The molecule has 0 aromatic heterocycles. The van der Waals surface area contributed by atoms with Crippen LogP contribution < -0.4 is 34.7 Å². The van der Waals surface area contributed by atoms with Gasteiger partial charge in [0.05, 0.1) is 6.10 Å². The van der Waals surface area contributed by atoms with Gasteiger partial charge >= 0.3 is 39.9 Å². The summed E-state index contributed by atoms with van der Waals surface area (Å²) < 4.78 is 24.4. The molecule has 0 atom stereocenters. The Balaban J connectivity index is 0. The van der Waals surface area contributed by atoms with Crippen molar-refractivity contribution in [2.75, 3.05) is 0 Å². The Labute approximate surface area is 77.8 Å². The average molecular weight is 161 g/mol. The topological polar surface area (TPSA) is 69.4 Å². The van der Waals surface area contributed by atoms with Gasteiger partial charge in [-0.2, -0.15) is 8.42 Å². The number of hydrogen-bond donors (Lipinski definition) is 1. The predicted molar refractivity (Wildman–Crippen MR) is 28.3 cm³/mol. The van der Waals surface area contributed by atoms with E-state index in [2.05, 4.69) is 9.32 Å². The predicted octanol–water partition coefficient (Wildman–Crippen LogP) is -3.51. The van der Waals surface area contributed by atoms with Crippen LogP contribution in [0.5, 0.6) is 0 Å². The smallest absolute Gasteiger partial charge is 1.00 e. The molecule has 0 bridgehead atoms. The second-order valence-corrected chi connectivity index (χ2v) is 2.97. The minimum absolute atomic E-state index is 0. The average Bonchev–Trinajstić information content (AvgIpc) is 2.12. The molecule has 50 valence electrons. The largest absolute Gasteiger partial charge is 1.00 e. The molecular weight excluding hydrogens is 153 g/mol. The Kier molecular flexibility index (Phi) is 3.64. The summed E-state index contributed by atoms with van der Waals surface area (Å²) in [7, 11) is -3.66. The van der Waals surface area contributed by atoms with E-state index in [1.807, 2.05) is 0 Å². The first-order valence-corrected chi connectivity index (χ1v) is 3.76. The Morgan fingerprint density at radius 3 is 2.11 bits per heavy atom. The van der Waals surface area contributed by atoms with Crippen LogP contribution in [0.25, 0.3) is 0 Å². The molecule has 0 heterocycles. The van der Waals surface area contributed by atoms with Crippen LogP contribution in [0, 0.1) is 0 Å². The van der Waals surface area contributed by atoms with Gasteiger partial charge in [0.2, 0.25) is 0 Å². The number of hydrogen-bond acceptors (Lipinski definition) is 3. The van der Waals surface area contributed by atoms with Crippen LogP contribution in [0.2, 0.25) is 0 Å². The van der Waals surface area contributed by atoms with Gasteiger partial charge in [-0.05, 0) is 12.8 Å². The van der Waals surface area contributed by atoms with Gasteiger partial charge in [-0.3, -0.25) is 4.18 Å². The summed E-state index contributed by atoms with van der Waals surface area (Å²) in [5.41, 5.74) is 0. The molecule has 0 unspecified atom stereocenters. The van der Waals surface area contributed by atoms with Crippen LogP contribution in [0.15, 0.2) is 0 Å². The van der Waals surface area contributed by atoms with E-state index in [-0.39, 0.29) is 37.1 Å². The van der Waals surface area contributed by atoms with Crippen LogP contribution in [-0.2, 0) is 14.5 Å². The summed E-state index contributed by atoms with van der Waals surface area (Å²) in [5.74, 6) is 0. The van der Waals surface area contributed by atoms with Crippen molar-refractivity contribution < 1.29 is 43.6 Å². The van der Waals surface area contributed by atoms with Crippen molar-refractivity contribution in [3.63, 3.8) is 0 Å². The van der Waals surface area contributed by atoms with Crippen molar-refractivity contribution in [2.45, 2.75) is 18.9 Å². The van der Waals surface area contributed by atoms with Crippen molar-refractivity contribution in [3.05, 3.63) is 0 Å². The maximum Gasteiger partial charge on any atom is 1.00 e. The van der Waals surface area contributed by atoms with E-state index in [9.17, 15) is 8.42 Å². The van der Waals surface area contributed by atoms with E-state index in [4.69, 9.17) is 0 Å². The third-order valence-corrected chi connectivity index (χ3v) is 1.33. The summed E-state index contributed by atoms with van der Waals surface area (Å²) in [6, 6.07) is 0. The van der Waals surface area contributed by atoms with Crippen LogP contribution in [0.4, 0.5) is 0 Å². The SMILES string of the molecule is NS(=O)(=O)OC1CC1.[H-].[Na+]. The molecule has 0 spiro atoms. The summed E-state index contributed by atoms with van der Waals surface area (Å²) in [4.78, 5) is 0. The molecule has 1 aliphatic rings. The fourth-order valence-corrected chi connectivity index (χ4v) is 0.926. The molecule has 9 heavy (non-hydrogen) atoms. The summed E-state index contributed by atoms with van der Waals surface area (Å²) in [6.07, 6.45) is 1.51. The third-order valence-electron chi connectivity index (χ3n) is 0.795. The zero-order valence-corrected chi connectivity index (χ0v) is 8.02. The summed E-state index contributed by atoms with van der Waals surface area (Å²) in [5, 5.41) is 4.53. The molecular formula is C3H8NNaO3S. The maximum absolute atomic E-state index is 10.0. The Morgan fingerprint density at radius 2 is 2.00 bits per heavy atom. The monoisotopic (exact) mass is 161 g/mol. The van der Waals surface area contributed by atoms with Gasteiger partial charge < -0.3 is 1.43 Å². The first kappa shape index (κ1) is 9.87. The van der Waals surface area contributed by atoms with Crippen LogP contribution in [-0.4, -0.2) is 14.5 Å². The molecule has 0 saturated heterocycles. The second kappa shape index (κ2) is 3.32. The second-order valence-electron chi connectivity index (χ2n) is 1.79. The van der Waals surface area contributed by atoms with Gasteiger partial charge in [0.1, 0.15) is 0 Å². The molecule has 2 N–H and O–H groups in total. The van der Waals surface area contributed by atoms with Crippen molar-refractivity contribution in [1.82, 2.24) is 0 Å².